The highest BCUT2D eigenvalue weighted by molar-refractivity contribution is 7.12. The molecule has 1 aromatic carbocycles. The van der Waals surface area contributed by atoms with E-state index in [0.717, 1.165) is 17.9 Å². The number of benzene rings is 1. The maximum Gasteiger partial charge on any atom is 0.345 e. The van der Waals surface area contributed by atoms with Crippen LogP contribution in [0.15, 0.2) is 35.7 Å². The number of carbonyl (C=O) groups is 1. The van der Waals surface area contributed by atoms with Crippen molar-refractivity contribution in [3.63, 3.8) is 0 Å². The van der Waals surface area contributed by atoms with E-state index in [2.05, 4.69) is 30.9 Å². The van der Waals surface area contributed by atoms with Crippen LogP contribution in [-0.4, -0.2) is 17.6 Å². The van der Waals surface area contributed by atoms with Crippen molar-refractivity contribution < 1.29 is 9.90 Å². The largest absolute Gasteiger partial charge is 0.477 e. The molecule has 0 amide bonds. The van der Waals surface area contributed by atoms with E-state index < -0.39 is 5.97 Å². The highest BCUT2D eigenvalue weighted by atomic mass is 32.1. The van der Waals surface area contributed by atoms with E-state index >= 15 is 0 Å². The van der Waals surface area contributed by atoms with E-state index in [4.69, 9.17) is 5.11 Å². The van der Waals surface area contributed by atoms with Crippen LogP contribution in [0.4, 0.5) is 11.4 Å². The first-order valence-electron chi connectivity index (χ1n) is 5.78. The summed E-state index contributed by atoms with van der Waals surface area (Å²) in [7, 11) is 0. The average molecular weight is 261 g/mol. The first-order chi connectivity index (χ1) is 8.63. The SMILES string of the molecule is CCN(c1csc(C(=O)O)c1)c1ccccc1C. The normalized spacial score (nSPS) is 10.3. The molecule has 1 N–H and O–H groups in total. The molecule has 18 heavy (non-hydrogen) atoms. The van der Waals surface area contributed by atoms with Gasteiger partial charge in [0.15, 0.2) is 0 Å². The highest BCUT2D eigenvalue weighted by Crippen LogP contribution is 2.31. The van der Waals surface area contributed by atoms with Gasteiger partial charge in [-0.2, -0.15) is 0 Å². The van der Waals surface area contributed by atoms with E-state index in [1.54, 1.807) is 6.07 Å². The van der Waals surface area contributed by atoms with Gasteiger partial charge in [-0.1, -0.05) is 18.2 Å². The molecule has 4 heteroatoms. The topological polar surface area (TPSA) is 40.5 Å². The van der Waals surface area contributed by atoms with Crippen LogP contribution in [0.2, 0.25) is 0 Å². The van der Waals surface area contributed by atoms with Gasteiger partial charge in [-0.3, -0.25) is 0 Å². The zero-order chi connectivity index (χ0) is 13.1. The Morgan fingerprint density at radius 1 is 1.39 bits per heavy atom. The van der Waals surface area contributed by atoms with Gasteiger partial charge in [0.1, 0.15) is 4.88 Å². The van der Waals surface area contributed by atoms with Gasteiger partial charge >= 0.3 is 5.97 Å². The monoisotopic (exact) mass is 261 g/mol. The average Bonchev–Trinajstić information content (AvgIpc) is 2.82. The van der Waals surface area contributed by atoms with Gasteiger partial charge in [0.25, 0.3) is 0 Å². The molecular formula is C14H15NO2S. The molecule has 0 saturated heterocycles. The van der Waals surface area contributed by atoms with E-state index in [0.29, 0.717) is 4.88 Å². The number of carboxylic acid groups (broad SMARTS) is 1. The minimum Gasteiger partial charge on any atom is -0.477 e. The van der Waals surface area contributed by atoms with Crippen molar-refractivity contribution in [2.75, 3.05) is 11.4 Å². The lowest BCUT2D eigenvalue weighted by Gasteiger charge is -2.23. The lowest BCUT2D eigenvalue weighted by atomic mass is 10.1. The number of aryl methyl sites for hydroxylation is 1. The maximum absolute atomic E-state index is 10.9. The van der Waals surface area contributed by atoms with Gasteiger partial charge < -0.3 is 10.0 Å². The molecule has 0 aliphatic heterocycles. The molecule has 2 rings (SSSR count). The Bertz CT molecular complexity index is 562. The number of para-hydroxylation sites is 1. The van der Waals surface area contributed by atoms with Gasteiger partial charge in [0, 0.05) is 17.6 Å². The second-order valence-electron chi connectivity index (χ2n) is 4.01. The van der Waals surface area contributed by atoms with Crippen molar-refractivity contribution in [2.24, 2.45) is 0 Å². The molecular weight excluding hydrogens is 246 g/mol. The predicted molar refractivity (Wildman–Crippen MR) is 75.1 cm³/mol. The zero-order valence-electron chi connectivity index (χ0n) is 10.4. The Morgan fingerprint density at radius 2 is 2.11 bits per heavy atom. The molecule has 0 spiro atoms. The molecule has 0 aliphatic carbocycles. The fourth-order valence-corrected chi connectivity index (χ4v) is 2.67. The maximum atomic E-state index is 10.9. The van der Waals surface area contributed by atoms with Crippen LogP contribution in [0.1, 0.15) is 22.2 Å². The third-order valence-electron chi connectivity index (χ3n) is 2.83. The van der Waals surface area contributed by atoms with Crippen LogP contribution < -0.4 is 4.90 Å². The lowest BCUT2D eigenvalue weighted by molar-refractivity contribution is 0.0702. The van der Waals surface area contributed by atoms with Crippen molar-refractivity contribution in [1.82, 2.24) is 0 Å². The third kappa shape index (κ3) is 2.38. The fraction of sp³-hybridized carbons (Fsp3) is 0.214. The molecule has 0 saturated carbocycles. The Hall–Kier alpha value is -1.81. The van der Waals surface area contributed by atoms with E-state index in [1.165, 1.54) is 16.9 Å². The zero-order valence-corrected chi connectivity index (χ0v) is 11.2. The molecule has 0 radical (unpaired) electrons. The van der Waals surface area contributed by atoms with Gasteiger partial charge in [-0.25, -0.2) is 4.79 Å². The summed E-state index contributed by atoms with van der Waals surface area (Å²) in [4.78, 5) is 13.4. The van der Waals surface area contributed by atoms with Gasteiger partial charge in [-0.15, -0.1) is 11.3 Å². The van der Waals surface area contributed by atoms with E-state index in [-0.39, 0.29) is 0 Å². The molecule has 2 aromatic rings. The van der Waals surface area contributed by atoms with Crippen LogP contribution in [0.5, 0.6) is 0 Å². The molecule has 0 bridgehead atoms. The summed E-state index contributed by atoms with van der Waals surface area (Å²) in [6, 6.07) is 9.83. The Kier molecular flexibility index (Phi) is 3.67. The minimum absolute atomic E-state index is 0.372. The molecule has 0 aliphatic rings. The Labute approximate surface area is 110 Å². The number of hydrogen-bond donors (Lipinski definition) is 1. The van der Waals surface area contributed by atoms with E-state index in [1.807, 2.05) is 17.5 Å². The van der Waals surface area contributed by atoms with Crippen LogP contribution in [-0.2, 0) is 0 Å². The van der Waals surface area contributed by atoms with Crippen LogP contribution >= 0.6 is 11.3 Å². The third-order valence-corrected chi connectivity index (χ3v) is 3.74. The second-order valence-corrected chi connectivity index (χ2v) is 4.92. The van der Waals surface area contributed by atoms with Crippen molar-refractivity contribution in [2.45, 2.75) is 13.8 Å². The molecule has 0 atom stereocenters. The smallest absolute Gasteiger partial charge is 0.345 e. The summed E-state index contributed by atoms with van der Waals surface area (Å²) >= 11 is 1.26. The van der Waals surface area contributed by atoms with Crippen LogP contribution in [0.25, 0.3) is 0 Å². The molecule has 94 valence electrons. The quantitative estimate of drug-likeness (QED) is 0.907. The van der Waals surface area contributed by atoms with Crippen molar-refractivity contribution in [3.05, 3.63) is 46.2 Å². The standard InChI is InChI=1S/C14H15NO2S/c1-3-15(12-7-5-4-6-10(12)2)11-8-13(14(16)17)18-9-11/h4-9H,3H2,1-2H3,(H,16,17). The number of thiophene rings is 1. The van der Waals surface area contributed by atoms with Gasteiger partial charge in [0.2, 0.25) is 0 Å². The fourth-order valence-electron chi connectivity index (χ4n) is 1.94. The molecule has 3 nitrogen and oxygen atoms in total. The lowest BCUT2D eigenvalue weighted by Crippen LogP contribution is -2.16. The summed E-state index contributed by atoms with van der Waals surface area (Å²) in [6.07, 6.45) is 0. The molecule has 1 heterocycles. The number of anilines is 2. The molecule has 0 fully saturated rings. The molecule has 1 aromatic heterocycles. The van der Waals surface area contributed by atoms with Crippen molar-refractivity contribution in [3.8, 4) is 0 Å². The van der Waals surface area contributed by atoms with Gasteiger partial charge in [-0.05, 0) is 31.5 Å². The first-order valence-corrected chi connectivity index (χ1v) is 6.66. The summed E-state index contributed by atoms with van der Waals surface area (Å²) < 4.78 is 0. The number of carboxylic acids is 1. The van der Waals surface area contributed by atoms with Gasteiger partial charge in [0.05, 0.1) is 5.69 Å². The first kappa shape index (κ1) is 12.6. The number of rotatable bonds is 4. The molecule has 0 unspecified atom stereocenters. The van der Waals surface area contributed by atoms with Crippen LogP contribution in [0.3, 0.4) is 0 Å². The van der Waals surface area contributed by atoms with Crippen molar-refractivity contribution >= 4 is 28.7 Å². The predicted octanol–water partition coefficient (Wildman–Crippen LogP) is 3.91. The Morgan fingerprint density at radius 3 is 2.67 bits per heavy atom. The number of hydrogen-bond acceptors (Lipinski definition) is 3. The van der Waals surface area contributed by atoms with Crippen molar-refractivity contribution in [1.29, 1.82) is 0 Å². The summed E-state index contributed by atoms with van der Waals surface area (Å²) in [6.45, 7) is 4.92. The summed E-state index contributed by atoms with van der Waals surface area (Å²) in [5.41, 5.74) is 3.24. The number of nitrogens with zero attached hydrogens (tertiary/aromatic N) is 1. The highest BCUT2D eigenvalue weighted by Gasteiger charge is 2.13. The summed E-state index contributed by atoms with van der Waals surface area (Å²) in [5, 5.41) is 10.9. The van der Waals surface area contributed by atoms with E-state index in [9.17, 15) is 4.79 Å². The number of aromatic carboxylic acids is 1. The summed E-state index contributed by atoms with van der Waals surface area (Å²) in [5.74, 6) is -0.868. The minimum atomic E-state index is -0.868. The Balaban J connectivity index is 2.39. The second kappa shape index (κ2) is 5.23. The van der Waals surface area contributed by atoms with Crippen LogP contribution in [0, 0.1) is 6.92 Å².